The monoisotopic (exact) mass is 358 g/mol. The molecule has 1 atom stereocenters. The van der Waals surface area contributed by atoms with Gasteiger partial charge in [0.2, 0.25) is 5.91 Å². The Hall–Kier alpha value is -2.18. The highest BCUT2D eigenvalue weighted by molar-refractivity contribution is 5.91. The molecule has 1 aliphatic carbocycles. The summed E-state index contributed by atoms with van der Waals surface area (Å²) in [5.74, 6) is 0.409. The minimum atomic E-state index is -0.718. The molecule has 2 aromatic rings. The number of hydrogen-bond acceptors (Lipinski definition) is 4. The van der Waals surface area contributed by atoms with Crippen molar-refractivity contribution in [1.29, 1.82) is 0 Å². The van der Waals surface area contributed by atoms with E-state index in [1.54, 1.807) is 24.5 Å². The number of carbonyl (C=O) groups is 1. The Kier molecular flexibility index (Phi) is 4.78. The van der Waals surface area contributed by atoms with Gasteiger partial charge in [-0.2, -0.15) is 0 Å². The van der Waals surface area contributed by atoms with Crippen LogP contribution < -0.4 is 5.32 Å². The minimum Gasteiger partial charge on any atom is -0.468 e. The third kappa shape index (κ3) is 3.27. The number of amides is 1. The van der Waals surface area contributed by atoms with Crippen molar-refractivity contribution in [2.45, 2.75) is 24.3 Å². The quantitative estimate of drug-likeness (QED) is 0.863. The van der Waals surface area contributed by atoms with Gasteiger partial charge in [0.1, 0.15) is 11.6 Å². The molecule has 0 radical (unpaired) electrons. The molecule has 1 saturated carbocycles. The smallest absolute Gasteiger partial charge is 0.230 e. The fourth-order valence-electron chi connectivity index (χ4n) is 3.73. The summed E-state index contributed by atoms with van der Waals surface area (Å²) in [6, 6.07) is 10.3. The Morgan fingerprint density at radius 3 is 2.62 bits per heavy atom. The molecule has 1 amide bonds. The predicted octanol–water partition coefficient (Wildman–Crippen LogP) is 2.64. The first-order valence-electron chi connectivity index (χ1n) is 9.09. The second-order valence-corrected chi connectivity index (χ2v) is 6.95. The molecule has 2 fully saturated rings. The number of nitrogens with one attached hydrogen (secondary N) is 1. The fraction of sp³-hybridized carbons (Fsp3) is 0.450. The zero-order chi connectivity index (χ0) is 18.0. The predicted molar refractivity (Wildman–Crippen MR) is 94.2 cm³/mol. The first kappa shape index (κ1) is 17.2. The average Bonchev–Trinajstić information content (AvgIpc) is 3.30. The fourth-order valence-corrected chi connectivity index (χ4v) is 3.73. The molecule has 2 heterocycles. The van der Waals surface area contributed by atoms with Gasteiger partial charge in [0.25, 0.3) is 0 Å². The van der Waals surface area contributed by atoms with Crippen molar-refractivity contribution in [1.82, 2.24) is 10.2 Å². The molecule has 1 saturated heterocycles. The second-order valence-electron chi connectivity index (χ2n) is 6.95. The number of hydrogen-bond donors (Lipinski definition) is 1. The maximum absolute atomic E-state index is 14.2. The van der Waals surface area contributed by atoms with Crippen LogP contribution in [0.3, 0.4) is 0 Å². The summed E-state index contributed by atoms with van der Waals surface area (Å²) >= 11 is 0. The Morgan fingerprint density at radius 2 is 1.96 bits per heavy atom. The Morgan fingerprint density at radius 1 is 1.19 bits per heavy atom. The molecule has 0 bridgehead atoms. The van der Waals surface area contributed by atoms with E-state index in [-0.39, 0.29) is 17.8 Å². The number of benzene rings is 1. The van der Waals surface area contributed by atoms with E-state index in [0.717, 1.165) is 18.8 Å². The number of halogens is 1. The van der Waals surface area contributed by atoms with Gasteiger partial charge < -0.3 is 14.5 Å². The maximum atomic E-state index is 14.2. The van der Waals surface area contributed by atoms with Gasteiger partial charge in [-0.1, -0.05) is 18.2 Å². The standard InChI is InChI=1S/C20H23FN2O3/c21-16-5-2-1-4-15(16)20(7-8-20)19(24)22-14-17(18-6-3-11-26-18)23-9-12-25-13-10-23/h1-6,11,17H,7-10,12-14H2,(H,22,24). The van der Waals surface area contributed by atoms with Crippen molar-refractivity contribution in [3.63, 3.8) is 0 Å². The molecule has 4 rings (SSSR count). The molecule has 5 nitrogen and oxygen atoms in total. The first-order chi connectivity index (χ1) is 12.7. The molecular weight excluding hydrogens is 335 g/mol. The van der Waals surface area contributed by atoms with E-state index in [9.17, 15) is 9.18 Å². The van der Waals surface area contributed by atoms with Crippen LogP contribution in [0.2, 0.25) is 0 Å². The van der Waals surface area contributed by atoms with Crippen molar-refractivity contribution in [3.05, 3.63) is 59.8 Å². The lowest BCUT2D eigenvalue weighted by Crippen LogP contribution is -2.45. The van der Waals surface area contributed by atoms with E-state index in [1.165, 1.54) is 6.07 Å². The average molecular weight is 358 g/mol. The highest BCUT2D eigenvalue weighted by Crippen LogP contribution is 2.49. The highest BCUT2D eigenvalue weighted by Gasteiger charge is 2.52. The number of morpholine rings is 1. The number of nitrogens with zero attached hydrogens (tertiary/aromatic N) is 1. The van der Waals surface area contributed by atoms with Gasteiger partial charge in [0.15, 0.2) is 0 Å². The summed E-state index contributed by atoms with van der Waals surface area (Å²) < 4.78 is 25.2. The van der Waals surface area contributed by atoms with Crippen molar-refractivity contribution in [2.24, 2.45) is 0 Å². The second kappa shape index (κ2) is 7.21. The number of rotatable bonds is 6. The molecule has 6 heteroatoms. The Labute approximate surface area is 152 Å². The summed E-state index contributed by atoms with van der Waals surface area (Å²) in [5, 5.41) is 3.05. The van der Waals surface area contributed by atoms with Gasteiger partial charge in [-0.05, 0) is 31.0 Å². The van der Waals surface area contributed by atoms with E-state index in [4.69, 9.17) is 9.15 Å². The van der Waals surface area contributed by atoms with E-state index < -0.39 is 5.41 Å². The van der Waals surface area contributed by atoms with Crippen molar-refractivity contribution in [3.8, 4) is 0 Å². The van der Waals surface area contributed by atoms with Crippen LogP contribution in [-0.2, 0) is 14.9 Å². The summed E-state index contributed by atoms with van der Waals surface area (Å²) in [4.78, 5) is 15.1. The molecular formula is C20H23FN2O3. The van der Waals surface area contributed by atoms with Gasteiger partial charge in [0.05, 0.1) is 30.9 Å². The molecule has 1 aromatic carbocycles. The summed E-state index contributed by atoms with van der Waals surface area (Å²) in [6.45, 7) is 3.36. The molecule has 1 unspecified atom stereocenters. The van der Waals surface area contributed by atoms with Crippen LogP contribution in [0.1, 0.15) is 30.2 Å². The zero-order valence-corrected chi connectivity index (χ0v) is 14.6. The van der Waals surface area contributed by atoms with E-state index in [2.05, 4.69) is 10.2 Å². The van der Waals surface area contributed by atoms with Gasteiger partial charge in [-0.15, -0.1) is 0 Å². The largest absolute Gasteiger partial charge is 0.468 e. The minimum absolute atomic E-state index is 0.0470. The highest BCUT2D eigenvalue weighted by atomic mass is 19.1. The molecule has 1 aliphatic heterocycles. The summed E-state index contributed by atoms with van der Waals surface area (Å²) in [7, 11) is 0. The van der Waals surface area contributed by atoms with E-state index in [0.29, 0.717) is 38.2 Å². The maximum Gasteiger partial charge on any atom is 0.230 e. The lowest BCUT2D eigenvalue weighted by atomic mass is 9.94. The van der Waals surface area contributed by atoms with Gasteiger partial charge >= 0.3 is 0 Å². The zero-order valence-electron chi connectivity index (χ0n) is 14.6. The number of ether oxygens (including phenoxy) is 1. The molecule has 2 aliphatic rings. The number of furan rings is 1. The first-order valence-corrected chi connectivity index (χ1v) is 9.09. The van der Waals surface area contributed by atoms with E-state index >= 15 is 0 Å². The van der Waals surface area contributed by atoms with Crippen LogP contribution in [0, 0.1) is 5.82 Å². The molecule has 26 heavy (non-hydrogen) atoms. The van der Waals surface area contributed by atoms with E-state index in [1.807, 2.05) is 12.1 Å². The van der Waals surface area contributed by atoms with Gasteiger partial charge in [0, 0.05) is 25.2 Å². The van der Waals surface area contributed by atoms with Crippen LogP contribution in [-0.4, -0.2) is 43.7 Å². The third-order valence-electron chi connectivity index (χ3n) is 5.39. The summed E-state index contributed by atoms with van der Waals surface area (Å²) in [5.41, 5.74) is -0.220. The van der Waals surface area contributed by atoms with Gasteiger partial charge in [-0.25, -0.2) is 4.39 Å². The van der Waals surface area contributed by atoms with Crippen LogP contribution in [0.15, 0.2) is 47.1 Å². The van der Waals surface area contributed by atoms with Crippen molar-refractivity contribution < 1.29 is 18.3 Å². The normalized spacial score (nSPS) is 20.5. The molecule has 138 valence electrons. The Balaban J connectivity index is 1.47. The number of carbonyl (C=O) groups excluding carboxylic acids is 1. The van der Waals surface area contributed by atoms with Crippen molar-refractivity contribution >= 4 is 5.91 Å². The summed E-state index contributed by atoms with van der Waals surface area (Å²) in [6.07, 6.45) is 3.01. The SMILES string of the molecule is O=C(NCC(c1ccco1)N1CCOCC1)C1(c2ccccc2F)CC1. The third-order valence-corrected chi connectivity index (χ3v) is 5.39. The van der Waals surface area contributed by atoms with Gasteiger partial charge in [-0.3, -0.25) is 9.69 Å². The van der Waals surface area contributed by atoms with Crippen LogP contribution in [0.25, 0.3) is 0 Å². The lowest BCUT2D eigenvalue weighted by Gasteiger charge is -2.33. The van der Waals surface area contributed by atoms with Crippen molar-refractivity contribution in [2.75, 3.05) is 32.8 Å². The van der Waals surface area contributed by atoms with Crippen LogP contribution in [0.5, 0.6) is 0 Å². The van der Waals surface area contributed by atoms with Crippen LogP contribution >= 0.6 is 0 Å². The molecule has 1 N–H and O–H groups in total. The Bertz CT molecular complexity index is 752. The lowest BCUT2D eigenvalue weighted by molar-refractivity contribution is -0.124. The molecule has 1 aromatic heterocycles. The molecule has 0 spiro atoms. The van der Waals surface area contributed by atoms with Crippen LogP contribution in [0.4, 0.5) is 4.39 Å². The topological polar surface area (TPSA) is 54.7 Å².